The monoisotopic (exact) mass is 564 g/mol. The molecule has 216 valence electrons. The summed E-state index contributed by atoms with van der Waals surface area (Å²) in [6.45, 7) is -1.75. The van der Waals surface area contributed by atoms with Crippen molar-refractivity contribution in [3.05, 3.63) is 52.4 Å². The summed E-state index contributed by atoms with van der Waals surface area (Å²) in [5.74, 6) is -1.30. The van der Waals surface area contributed by atoms with E-state index in [2.05, 4.69) is 0 Å². The van der Waals surface area contributed by atoms with Crippen LogP contribution in [0.15, 0.2) is 45.8 Å². The number of fused-ring (bicyclic) bond motifs is 1. The van der Waals surface area contributed by atoms with E-state index in [0.29, 0.717) is 0 Å². The van der Waals surface area contributed by atoms with Crippen molar-refractivity contribution in [1.82, 2.24) is 0 Å². The van der Waals surface area contributed by atoms with Crippen LogP contribution in [0, 0.1) is 0 Å². The number of hydrogen-bond acceptors (Lipinski definition) is 14. The van der Waals surface area contributed by atoms with Crippen LogP contribution >= 0.6 is 0 Å². The Morgan fingerprint density at radius 1 is 0.950 bits per heavy atom. The molecule has 14 nitrogen and oxygen atoms in total. The van der Waals surface area contributed by atoms with E-state index >= 15 is 0 Å². The fraction of sp³-hybridized carbons (Fsp3) is 0.423. The molecule has 0 bridgehead atoms. The van der Waals surface area contributed by atoms with E-state index in [1.165, 1.54) is 18.2 Å². The lowest BCUT2D eigenvalue weighted by Crippen LogP contribution is -2.56. The standard InChI is InChI=1S/C26H28O14/c27-8-26(36)9-39-25(24(26)35)38-7-16-19(32)20(33)21(34)23(40-16)17-14(29)4-2-11-18(31)12(6-37-22(11)17)10-1-3-13(28)15(30)5-10/h1-6,16,19-21,23-25,27-30,32-36H,7-9H2. The molecule has 14 heteroatoms. The Bertz CT molecular complexity index is 1460. The number of aliphatic hydroxyl groups excluding tert-OH is 5. The predicted octanol–water partition coefficient (Wildman–Crippen LogP) is -1.44. The third kappa shape index (κ3) is 4.68. The first-order chi connectivity index (χ1) is 19.0. The smallest absolute Gasteiger partial charge is 0.200 e. The number of aromatic hydroxyl groups is 3. The summed E-state index contributed by atoms with van der Waals surface area (Å²) in [7, 11) is 0. The third-order valence-corrected chi connectivity index (χ3v) is 7.24. The Morgan fingerprint density at radius 2 is 1.68 bits per heavy atom. The molecule has 2 aliphatic rings. The zero-order valence-corrected chi connectivity index (χ0v) is 20.7. The minimum Gasteiger partial charge on any atom is -0.507 e. The molecular weight excluding hydrogens is 536 g/mol. The fourth-order valence-electron chi connectivity index (χ4n) is 4.83. The van der Waals surface area contributed by atoms with Gasteiger partial charge in [-0.1, -0.05) is 6.07 Å². The second kappa shape index (κ2) is 10.6. The second-order valence-electron chi connectivity index (χ2n) is 9.84. The molecule has 2 aliphatic heterocycles. The first-order valence-electron chi connectivity index (χ1n) is 12.2. The molecule has 1 aromatic heterocycles. The zero-order valence-electron chi connectivity index (χ0n) is 20.7. The van der Waals surface area contributed by atoms with Gasteiger partial charge in [-0.15, -0.1) is 0 Å². The quantitative estimate of drug-likeness (QED) is 0.156. The van der Waals surface area contributed by atoms with Gasteiger partial charge in [0, 0.05) is 0 Å². The number of benzene rings is 2. The van der Waals surface area contributed by atoms with Crippen molar-refractivity contribution in [1.29, 1.82) is 0 Å². The molecule has 0 saturated carbocycles. The van der Waals surface area contributed by atoms with E-state index in [4.69, 9.17) is 18.6 Å². The highest BCUT2D eigenvalue weighted by Crippen LogP contribution is 2.41. The number of hydrogen-bond donors (Lipinski definition) is 9. The number of rotatable bonds is 6. The van der Waals surface area contributed by atoms with Crippen LogP contribution in [-0.4, -0.2) is 108 Å². The van der Waals surface area contributed by atoms with E-state index in [9.17, 15) is 50.8 Å². The number of ether oxygens (including phenoxy) is 3. The highest BCUT2D eigenvalue weighted by Gasteiger charge is 2.50. The Hall–Kier alpha value is -3.31. The van der Waals surface area contributed by atoms with E-state index in [1.807, 2.05) is 0 Å². The molecule has 3 aromatic rings. The van der Waals surface area contributed by atoms with Gasteiger partial charge >= 0.3 is 0 Å². The largest absolute Gasteiger partial charge is 0.507 e. The molecule has 8 unspecified atom stereocenters. The van der Waals surface area contributed by atoms with Gasteiger partial charge in [0.25, 0.3) is 0 Å². The Kier molecular flexibility index (Phi) is 7.47. The summed E-state index contributed by atoms with van der Waals surface area (Å²) in [5, 5.41) is 91.5. The third-order valence-electron chi connectivity index (χ3n) is 7.24. The summed E-state index contributed by atoms with van der Waals surface area (Å²) < 4.78 is 22.0. The Morgan fingerprint density at radius 3 is 2.35 bits per heavy atom. The van der Waals surface area contributed by atoms with E-state index in [1.54, 1.807) is 0 Å². The van der Waals surface area contributed by atoms with Crippen molar-refractivity contribution in [3.8, 4) is 28.4 Å². The van der Waals surface area contributed by atoms with Gasteiger partial charge in [-0.05, 0) is 29.8 Å². The van der Waals surface area contributed by atoms with Gasteiger partial charge in [-0.2, -0.15) is 0 Å². The molecule has 2 saturated heterocycles. The van der Waals surface area contributed by atoms with Crippen molar-refractivity contribution in [3.63, 3.8) is 0 Å². The van der Waals surface area contributed by atoms with Crippen LogP contribution < -0.4 is 5.43 Å². The van der Waals surface area contributed by atoms with E-state index < -0.39 is 85.3 Å². The van der Waals surface area contributed by atoms with Gasteiger partial charge < -0.3 is 64.6 Å². The maximum absolute atomic E-state index is 13.3. The van der Waals surface area contributed by atoms with Gasteiger partial charge in [-0.3, -0.25) is 4.79 Å². The van der Waals surface area contributed by atoms with Gasteiger partial charge in [0.1, 0.15) is 59.8 Å². The molecule has 40 heavy (non-hydrogen) atoms. The highest BCUT2D eigenvalue weighted by molar-refractivity contribution is 5.86. The second-order valence-corrected chi connectivity index (χ2v) is 9.84. The number of phenolic OH excluding ortho intramolecular Hbond substituents is 3. The first kappa shape index (κ1) is 28.2. The molecule has 2 aromatic carbocycles. The van der Waals surface area contributed by atoms with E-state index in [0.717, 1.165) is 18.4 Å². The average Bonchev–Trinajstić information content (AvgIpc) is 3.23. The molecule has 0 aliphatic carbocycles. The van der Waals surface area contributed by atoms with Crippen LogP contribution in [0.25, 0.3) is 22.1 Å². The van der Waals surface area contributed by atoms with Gasteiger partial charge in [0.15, 0.2) is 17.8 Å². The lowest BCUT2D eigenvalue weighted by molar-refractivity contribution is -0.252. The first-order valence-corrected chi connectivity index (χ1v) is 12.2. The molecule has 0 radical (unpaired) electrons. The molecule has 2 fully saturated rings. The van der Waals surface area contributed by atoms with Crippen molar-refractivity contribution in [2.75, 3.05) is 19.8 Å². The SMILES string of the molecule is O=c1c(-c2ccc(O)c(O)c2)coc2c(C3OC(COC4OCC(O)(CO)C4O)C(O)C(O)C3O)c(O)ccc12. The number of aliphatic hydroxyl groups is 6. The lowest BCUT2D eigenvalue weighted by atomic mass is 9.89. The highest BCUT2D eigenvalue weighted by atomic mass is 16.7. The van der Waals surface area contributed by atoms with Crippen LogP contribution in [0.2, 0.25) is 0 Å². The summed E-state index contributed by atoms with van der Waals surface area (Å²) in [6, 6.07) is 6.17. The molecule has 5 rings (SSSR count). The zero-order chi connectivity index (χ0) is 28.9. The van der Waals surface area contributed by atoms with Gasteiger partial charge in [-0.25, -0.2) is 0 Å². The van der Waals surface area contributed by atoms with Gasteiger partial charge in [0.05, 0.1) is 36.3 Å². The molecule has 0 spiro atoms. The fourth-order valence-corrected chi connectivity index (χ4v) is 4.83. The van der Waals surface area contributed by atoms with E-state index in [-0.39, 0.29) is 33.4 Å². The maximum Gasteiger partial charge on any atom is 0.200 e. The summed E-state index contributed by atoms with van der Waals surface area (Å²) >= 11 is 0. The molecule has 3 heterocycles. The van der Waals surface area contributed by atoms with Crippen LogP contribution in [0.1, 0.15) is 11.7 Å². The van der Waals surface area contributed by atoms with Crippen LogP contribution in [0.4, 0.5) is 0 Å². The van der Waals surface area contributed by atoms with Crippen LogP contribution in [0.3, 0.4) is 0 Å². The minimum atomic E-state index is -1.96. The molecule has 9 N–H and O–H groups in total. The van der Waals surface area contributed by atoms with Crippen molar-refractivity contribution in [2.24, 2.45) is 0 Å². The number of phenols is 3. The minimum absolute atomic E-state index is 0.0178. The van der Waals surface area contributed by atoms with Crippen LogP contribution in [-0.2, 0) is 14.2 Å². The topological polar surface area (TPSA) is 240 Å². The van der Waals surface area contributed by atoms with Crippen molar-refractivity contribution >= 4 is 11.0 Å². The van der Waals surface area contributed by atoms with Crippen molar-refractivity contribution < 1.29 is 64.6 Å². The summed E-state index contributed by atoms with van der Waals surface area (Å²) in [5.41, 5.74) is -2.68. The molecule has 8 atom stereocenters. The van der Waals surface area contributed by atoms with Gasteiger partial charge in [0.2, 0.25) is 5.43 Å². The lowest BCUT2D eigenvalue weighted by Gasteiger charge is -2.41. The summed E-state index contributed by atoms with van der Waals surface area (Å²) in [6.07, 6.45) is -10.2. The molecular formula is C26H28O14. The normalized spacial score (nSPS) is 32.5. The Balaban J connectivity index is 1.46. The molecule has 0 amide bonds. The Labute approximate surface area is 225 Å². The predicted molar refractivity (Wildman–Crippen MR) is 132 cm³/mol. The van der Waals surface area contributed by atoms with Crippen LogP contribution in [0.5, 0.6) is 17.2 Å². The van der Waals surface area contributed by atoms with Crippen molar-refractivity contribution in [2.45, 2.75) is 48.5 Å². The summed E-state index contributed by atoms with van der Waals surface area (Å²) in [4.78, 5) is 13.3. The maximum atomic E-state index is 13.3. The average molecular weight is 564 g/mol.